The van der Waals surface area contributed by atoms with Crippen LogP contribution in [0.2, 0.25) is 0 Å². The number of carbonyl (C=O) groups excluding carboxylic acids is 1. The van der Waals surface area contributed by atoms with E-state index in [0.717, 1.165) is 36.2 Å². The van der Waals surface area contributed by atoms with Crippen molar-refractivity contribution in [2.45, 2.75) is 40.0 Å². The second kappa shape index (κ2) is 8.62. The highest BCUT2D eigenvalue weighted by atomic mass is 16.3. The van der Waals surface area contributed by atoms with Gasteiger partial charge in [0.1, 0.15) is 0 Å². The maximum Gasteiger partial charge on any atom is 0.244 e. The summed E-state index contributed by atoms with van der Waals surface area (Å²) in [5.41, 5.74) is 2.96. The molecule has 21 heavy (non-hydrogen) atoms. The van der Waals surface area contributed by atoms with Crippen molar-refractivity contribution >= 4 is 12.0 Å². The number of hydrogen-bond donors (Lipinski definition) is 2. The lowest BCUT2D eigenvalue weighted by molar-refractivity contribution is -0.116. The molecule has 1 unspecified atom stereocenters. The van der Waals surface area contributed by atoms with Gasteiger partial charge in [-0.3, -0.25) is 9.48 Å². The highest BCUT2D eigenvalue weighted by Gasteiger charge is 2.09. The van der Waals surface area contributed by atoms with Gasteiger partial charge >= 0.3 is 0 Å². The fourth-order valence-electron chi connectivity index (χ4n) is 2.43. The van der Waals surface area contributed by atoms with Crippen LogP contribution in [0, 0.1) is 19.8 Å². The van der Waals surface area contributed by atoms with Gasteiger partial charge in [0.15, 0.2) is 0 Å². The predicted octanol–water partition coefficient (Wildman–Crippen LogP) is 1.97. The standard InChI is InChI=1S/C16H27N3O2/c1-5-6-14(9-10-20)11-17-16(21)8-7-15-12(2)18-19(4)13(15)3/h7-8,14,20H,5-6,9-11H2,1-4H3,(H,17,21)/b8-7+. The van der Waals surface area contributed by atoms with Crippen molar-refractivity contribution in [1.82, 2.24) is 15.1 Å². The highest BCUT2D eigenvalue weighted by molar-refractivity contribution is 5.91. The SMILES string of the molecule is CCCC(CCO)CNC(=O)/C=C/c1c(C)nn(C)c1C. The molecule has 118 valence electrons. The van der Waals surface area contributed by atoms with E-state index in [4.69, 9.17) is 5.11 Å². The molecule has 0 saturated carbocycles. The first-order chi connectivity index (χ1) is 9.99. The van der Waals surface area contributed by atoms with Crippen LogP contribution >= 0.6 is 0 Å². The number of rotatable bonds is 8. The lowest BCUT2D eigenvalue weighted by Crippen LogP contribution is -2.28. The van der Waals surface area contributed by atoms with Crippen LogP contribution < -0.4 is 5.32 Å². The van der Waals surface area contributed by atoms with Crippen LogP contribution in [0.3, 0.4) is 0 Å². The lowest BCUT2D eigenvalue weighted by Gasteiger charge is -2.14. The minimum Gasteiger partial charge on any atom is -0.396 e. The first-order valence-corrected chi connectivity index (χ1v) is 7.56. The molecular formula is C16H27N3O2. The van der Waals surface area contributed by atoms with Crippen molar-refractivity contribution in [1.29, 1.82) is 0 Å². The van der Waals surface area contributed by atoms with E-state index in [1.54, 1.807) is 6.08 Å². The number of nitrogens with one attached hydrogen (secondary N) is 1. The molecule has 0 bridgehead atoms. The van der Waals surface area contributed by atoms with Crippen molar-refractivity contribution in [3.63, 3.8) is 0 Å². The lowest BCUT2D eigenvalue weighted by atomic mass is 10.0. The smallest absolute Gasteiger partial charge is 0.244 e. The summed E-state index contributed by atoms with van der Waals surface area (Å²) in [5.74, 6) is 0.246. The second-order valence-electron chi connectivity index (χ2n) is 5.45. The molecular weight excluding hydrogens is 266 g/mol. The summed E-state index contributed by atoms with van der Waals surface area (Å²) in [5, 5.41) is 16.2. The molecule has 0 spiro atoms. The fourth-order valence-corrected chi connectivity index (χ4v) is 2.43. The van der Waals surface area contributed by atoms with Crippen molar-refractivity contribution in [2.75, 3.05) is 13.2 Å². The third kappa shape index (κ3) is 5.34. The first kappa shape index (κ1) is 17.4. The fraction of sp³-hybridized carbons (Fsp3) is 0.625. The van der Waals surface area contributed by atoms with Crippen molar-refractivity contribution < 1.29 is 9.90 Å². The Kier molecular flexibility index (Phi) is 7.15. The molecule has 1 amide bonds. The summed E-state index contributed by atoms with van der Waals surface area (Å²) in [6.45, 7) is 6.81. The molecule has 0 aliphatic heterocycles. The number of amides is 1. The number of hydrogen-bond acceptors (Lipinski definition) is 3. The molecule has 0 fully saturated rings. The molecule has 0 aromatic carbocycles. The van der Waals surface area contributed by atoms with E-state index in [-0.39, 0.29) is 12.5 Å². The Morgan fingerprint density at radius 1 is 1.43 bits per heavy atom. The summed E-state index contributed by atoms with van der Waals surface area (Å²) in [7, 11) is 1.89. The average molecular weight is 293 g/mol. The molecule has 2 N–H and O–H groups in total. The normalized spacial score (nSPS) is 12.8. The van der Waals surface area contributed by atoms with E-state index < -0.39 is 0 Å². The van der Waals surface area contributed by atoms with Crippen molar-refractivity contribution in [3.05, 3.63) is 23.0 Å². The maximum atomic E-state index is 11.9. The summed E-state index contributed by atoms with van der Waals surface area (Å²) >= 11 is 0. The third-order valence-corrected chi connectivity index (χ3v) is 3.77. The number of aromatic nitrogens is 2. The molecule has 0 aliphatic carbocycles. The molecule has 0 radical (unpaired) electrons. The predicted molar refractivity (Wildman–Crippen MR) is 84.8 cm³/mol. The van der Waals surface area contributed by atoms with Gasteiger partial charge in [-0.1, -0.05) is 13.3 Å². The van der Waals surface area contributed by atoms with Crippen molar-refractivity contribution in [3.8, 4) is 0 Å². The largest absolute Gasteiger partial charge is 0.396 e. The van der Waals surface area contributed by atoms with Crippen LogP contribution in [-0.4, -0.2) is 33.9 Å². The van der Waals surface area contributed by atoms with Crippen LogP contribution in [0.4, 0.5) is 0 Å². The summed E-state index contributed by atoms with van der Waals surface area (Å²) in [6, 6.07) is 0. The Labute approximate surface area is 127 Å². The maximum absolute atomic E-state index is 11.9. The molecule has 1 rings (SSSR count). The number of aliphatic hydroxyl groups excluding tert-OH is 1. The zero-order valence-electron chi connectivity index (χ0n) is 13.5. The van der Waals surface area contributed by atoms with Crippen LogP contribution in [0.15, 0.2) is 6.08 Å². The number of nitrogens with zero attached hydrogens (tertiary/aromatic N) is 2. The van der Waals surface area contributed by atoms with Crippen LogP contribution in [0.1, 0.15) is 43.1 Å². The molecule has 1 heterocycles. The van der Waals surface area contributed by atoms with Gasteiger partial charge in [0.2, 0.25) is 5.91 Å². The second-order valence-corrected chi connectivity index (χ2v) is 5.45. The minimum absolute atomic E-state index is 0.100. The molecule has 5 nitrogen and oxygen atoms in total. The Morgan fingerprint density at radius 3 is 2.67 bits per heavy atom. The molecule has 5 heteroatoms. The Balaban J connectivity index is 2.54. The Hall–Kier alpha value is -1.62. The van der Waals surface area contributed by atoms with E-state index in [1.807, 2.05) is 31.7 Å². The van der Waals surface area contributed by atoms with Gasteiger partial charge in [-0.15, -0.1) is 0 Å². The Bertz CT molecular complexity index is 486. The van der Waals surface area contributed by atoms with E-state index in [1.165, 1.54) is 0 Å². The molecule has 1 aromatic rings. The quantitative estimate of drug-likeness (QED) is 0.720. The topological polar surface area (TPSA) is 67.2 Å². The highest BCUT2D eigenvalue weighted by Crippen LogP contribution is 2.13. The van der Waals surface area contributed by atoms with Crippen molar-refractivity contribution in [2.24, 2.45) is 13.0 Å². The van der Waals surface area contributed by atoms with Crippen LogP contribution in [-0.2, 0) is 11.8 Å². The van der Waals surface area contributed by atoms with E-state index in [9.17, 15) is 4.79 Å². The van der Waals surface area contributed by atoms with Crippen LogP contribution in [0.25, 0.3) is 6.08 Å². The van der Waals surface area contributed by atoms with Gasteiger partial charge in [-0.05, 0) is 38.7 Å². The molecule has 0 aliphatic rings. The zero-order valence-corrected chi connectivity index (χ0v) is 13.5. The summed E-state index contributed by atoms with van der Waals surface area (Å²) in [4.78, 5) is 11.9. The van der Waals surface area contributed by atoms with E-state index in [0.29, 0.717) is 12.5 Å². The average Bonchev–Trinajstić information content (AvgIpc) is 2.68. The number of aliphatic hydroxyl groups is 1. The van der Waals surface area contributed by atoms with E-state index in [2.05, 4.69) is 17.3 Å². The van der Waals surface area contributed by atoms with Gasteiger partial charge in [0, 0.05) is 37.5 Å². The van der Waals surface area contributed by atoms with Gasteiger partial charge < -0.3 is 10.4 Å². The molecule has 0 saturated heterocycles. The van der Waals surface area contributed by atoms with Gasteiger partial charge in [0.25, 0.3) is 0 Å². The monoisotopic (exact) mass is 293 g/mol. The van der Waals surface area contributed by atoms with Crippen LogP contribution in [0.5, 0.6) is 0 Å². The summed E-state index contributed by atoms with van der Waals surface area (Å²) < 4.78 is 1.81. The van der Waals surface area contributed by atoms with Gasteiger partial charge in [-0.2, -0.15) is 5.10 Å². The zero-order chi connectivity index (χ0) is 15.8. The number of carbonyl (C=O) groups is 1. The minimum atomic E-state index is -0.100. The first-order valence-electron chi connectivity index (χ1n) is 7.56. The number of aryl methyl sites for hydroxylation is 2. The van der Waals surface area contributed by atoms with Gasteiger partial charge in [0.05, 0.1) is 5.69 Å². The third-order valence-electron chi connectivity index (χ3n) is 3.77. The summed E-state index contributed by atoms with van der Waals surface area (Å²) in [6.07, 6.45) is 6.18. The van der Waals surface area contributed by atoms with Gasteiger partial charge in [-0.25, -0.2) is 0 Å². The Morgan fingerprint density at radius 2 is 2.14 bits per heavy atom. The molecule has 1 atom stereocenters. The van der Waals surface area contributed by atoms with E-state index >= 15 is 0 Å². The molecule has 1 aromatic heterocycles.